The van der Waals surface area contributed by atoms with E-state index in [2.05, 4.69) is 16.9 Å². The third-order valence-corrected chi connectivity index (χ3v) is 3.65. The maximum atomic E-state index is 5.54. The summed E-state index contributed by atoms with van der Waals surface area (Å²) in [6.45, 7) is 3.39. The average molecular weight is 250 g/mol. The van der Waals surface area contributed by atoms with Gasteiger partial charge in [-0.3, -0.25) is 0 Å². The Kier molecular flexibility index (Phi) is 2.84. The first-order chi connectivity index (χ1) is 8.36. The lowest BCUT2D eigenvalue weighted by atomic mass is 10.2. The van der Waals surface area contributed by atoms with Crippen molar-refractivity contribution in [3.63, 3.8) is 0 Å². The maximum absolute atomic E-state index is 5.54. The van der Waals surface area contributed by atoms with Crippen LogP contribution in [0.2, 0.25) is 0 Å². The van der Waals surface area contributed by atoms with Crippen LogP contribution < -0.4 is 9.47 Å². The highest BCUT2D eigenvalue weighted by Crippen LogP contribution is 2.34. The molecule has 0 amide bonds. The zero-order chi connectivity index (χ0) is 11.7. The molecule has 2 heterocycles. The van der Waals surface area contributed by atoms with Crippen molar-refractivity contribution in [2.24, 2.45) is 0 Å². The van der Waals surface area contributed by atoms with Crippen molar-refractivity contribution in [1.82, 2.24) is 9.97 Å². The van der Waals surface area contributed by atoms with E-state index < -0.39 is 0 Å². The van der Waals surface area contributed by atoms with Gasteiger partial charge < -0.3 is 14.5 Å². The summed E-state index contributed by atoms with van der Waals surface area (Å²) < 4.78 is 11.1. The molecule has 0 saturated heterocycles. The number of aromatic amines is 1. The number of thioether (sulfide) groups is 1. The first-order valence-corrected chi connectivity index (χ1v) is 6.77. The van der Waals surface area contributed by atoms with Crippen molar-refractivity contribution >= 4 is 22.8 Å². The number of ether oxygens (including phenoxy) is 2. The number of H-pyrrole nitrogens is 1. The van der Waals surface area contributed by atoms with Crippen LogP contribution in [0, 0.1) is 0 Å². The lowest BCUT2D eigenvalue weighted by Gasteiger charge is -2.17. The first-order valence-electron chi connectivity index (χ1n) is 5.79. The second-order valence-corrected chi connectivity index (χ2v) is 4.99. The highest BCUT2D eigenvalue weighted by Gasteiger charge is 2.14. The Bertz CT molecular complexity index is 496. The molecule has 1 aromatic heterocycles. The Morgan fingerprint density at radius 1 is 1.29 bits per heavy atom. The minimum atomic E-state index is 0.611. The molecule has 17 heavy (non-hydrogen) atoms. The topological polar surface area (TPSA) is 47.1 Å². The highest BCUT2D eigenvalue weighted by molar-refractivity contribution is 7.99. The van der Waals surface area contributed by atoms with Crippen molar-refractivity contribution in [3.05, 3.63) is 12.1 Å². The van der Waals surface area contributed by atoms with Crippen LogP contribution >= 0.6 is 11.8 Å². The molecule has 0 fully saturated rings. The summed E-state index contributed by atoms with van der Waals surface area (Å²) in [6, 6.07) is 3.91. The fraction of sp³-hybridized carbons (Fsp3) is 0.417. The quantitative estimate of drug-likeness (QED) is 0.851. The normalized spacial score (nSPS) is 14.2. The minimum absolute atomic E-state index is 0.611. The molecule has 0 bridgehead atoms. The summed E-state index contributed by atoms with van der Waals surface area (Å²) in [4.78, 5) is 7.83. The molecule has 0 aliphatic carbocycles. The number of hydrogen-bond donors (Lipinski definition) is 1. The summed E-state index contributed by atoms with van der Waals surface area (Å²) in [7, 11) is 0. The van der Waals surface area contributed by atoms with Gasteiger partial charge in [-0.05, 0) is 6.42 Å². The molecule has 3 rings (SSSR count). The van der Waals surface area contributed by atoms with Crippen LogP contribution in [-0.4, -0.2) is 28.9 Å². The van der Waals surface area contributed by atoms with Crippen LogP contribution in [0.5, 0.6) is 11.5 Å². The molecule has 5 heteroatoms. The van der Waals surface area contributed by atoms with Gasteiger partial charge >= 0.3 is 0 Å². The molecule has 0 saturated carbocycles. The molecule has 2 aromatic rings. The number of rotatable bonds is 3. The number of aromatic nitrogens is 2. The van der Waals surface area contributed by atoms with E-state index in [1.807, 2.05) is 12.1 Å². The predicted molar refractivity (Wildman–Crippen MR) is 68.1 cm³/mol. The molecular formula is C12H14N2O2S. The number of fused-ring (bicyclic) bond motifs is 2. The van der Waals surface area contributed by atoms with Crippen LogP contribution in [0.25, 0.3) is 11.0 Å². The second kappa shape index (κ2) is 4.49. The van der Waals surface area contributed by atoms with Gasteiger partial charge in [0.25, 0.3) is 0 Å². The van der Waals surface area contributed by atoms with Gasteiger partial charge in [-0.25, -0.2) is 4.98 Å². The predicted octanol–water partition coefficient (Wildman–Crippen LogP) is 2.84. The number of nitrogens with one attached hydrogen (secondary N) is 1. The number of imidazole rings is 1. The summed E-state index contributed by atoms with van der Waals surface area (Å²) in [6.07, 6.45) is 1.14. The third kappa shape index (κ3) is 2.07. The Hall–Kier alpha value is -1.36. The Labute approximate surface area is 104 Å². The van der Waals surface area contributed by atoms with Gasteiger partial charge in [0.2, 0.25) is 0 Å². The Morgan fingerprint density at radius 2 is 2.06 bits per heavy atom. The van der Waals surface area contributed by atoms with Crippen molar-refractivity contribution in [1.29, 1.82) is 0 Å². The van der Waals surface area contributed by atoms with Crippen molar-refractivity contribution in [2.45, 2.75) is 18.5 Å². The van der Waals surface area contributed by atoms with Gasteiger partial charge in [-0.15, -0.1) is 0 Å². The van der Waals surface area contributed by atoms with Gasteiger partial charge in [0.15, 0.2) is 16.7 Å². The summed E-state index contributed by atoms with van der Waals surface area (Å²) in [5.41, 5.74) is 1.95. The van der Waals surface area contributed by atoms with Crippen molar-refractivity contribution in [3.8, 4) is 11.5 Å². The van der Waals surface area contributed by atoms with E-state index in [0.717, 1.165) is 39.9 Å². The zero-order valence-electron chi connectivity index (χ0n) is 9.66. The largest absolute Gasteiger partial charge is 0.486 e. The number of benzene rings is 1. The molecule has 1 aromatic carbocycles. The van der Waals surface area contributed by atoms with E-state index in [4.69, 9.17) is 9.47 Å². The van der Waals surface area contributed by atoms with Crippen molar-refractivity contribution < 1.29 is 9.47 Å². The van der Waals surface area contributed by atoms with Crippen LogP contribution in [0.4, 0.5) is 0 Å². The number of nitrogens with zero attached hydrogens (tertiary/aromatic N) is 1. The second-order valence-electron chi connectivity index (χ2n) is 3.90. The fourth-order valence-electron chi connectivity index (χ4n) is 1.79. The van der Waals surface area contributed by atoms with Gasteiger partial charge in [0.05, 0.1) is 11.0 Å². The lowest BCUT2D eigenvalue weighted by molar-refractivity contribution is 0.172. The molecule has 1 N–H and O–H groups in total. The molecule has 0 spiro atoms. The van der Waals surface area contributed by atoms with E-state index in [1.165, 1.54) is 0 Å². The Morgan fingerprint density at radius 3 is 2.82 bits per heavy atom. The van der Waals surface area contributed by atoms with Gasteiger partial charge in [0.1, 0.15) is 13.2 Å². The monoisotopic (exact) mass is 250 g/mol. The van der Waals surface area contributed by atoms with Gasteiger partial charge in [-0.1, -0.05) is 18.7 Å². The minimum Gasteiger partial charge on any atom is -0.486 e. The molecule has 0 radical (unpaired) electrons. The fourth-order valence-corrected chi connectivity index (χ4v) is 2.53. The van der Waals surface area contributed by atoms with Crippen LogP contribution in [0.1, 0.15) is 13.3 Å². The Balaban J connectivity index is 1.98. The van der Waals surface area contributed by atoms with Crippen LogP contribution in [0.3, 0.4) is 0 Å². The van der Waals surface area contributed by atoms with Gasteiger partial charge in [0, 0.05) is 17.9 Å². The summed E-state index contributed by atoms with van der Waals surface area (Å²) in [5.74, 6) is 2.67. The van der Waals surface area contributed by atoms with E-state index >= 15 is 0 Å². The third-order valence-electron chi connectivity index (χ3n) is 2.57. The van der Waals surface area contributed by atoms with Crippen LogP contribution in [0.15, 0.2) is 17.3 Å². The molecular weight excluding hydrogens is 236 g/mol. The van der Waals surface area contributed by atoms with E-state index in [9.17, 15) is 0 Å². The lowest BCUT2D eigenvalue weighted by Crippen LogP contribution is -2.15. The molecule has 1 aliphatic heterocycles. The molecule has 90 valence electrons. The van der Waals surface area contributed by atoms with E-state index in [-0.39, 0.29) is 0 Å². The molecule has 0 atom stereocenters. The van der Waals surface area contributed by atoms with Gasteiger partial charge in [-0.2, -0.15) is 0 Å². The first kappa shape index (κ1) is 10.8. The maximum Gasteiger partial charge on any atom is 0.166 e. The SMILES string of the molecule is CCCSc1nc2cc3c(cc2[nH]1)OCCO3. The van der Waals surface area contributed by atoms with E-state index in [1.54, 1.807) is 11.8 Å². The zero-order valence-corrected chi connectivity index (χ0v) is 10.5. The van der Waals surface area contributed by atoms with Crippen LogP contribution in [-0.2, 0) is 0 Å². The van der Waals surface area contributed by atoms with Crippen molar-refractivity contribution in [2.75, 3.05) is 19.0 Å². The summed E-state index contributed by atoms with van der Waals surface area (Å²) >= 11 is 1.74. The van der Waals surface area contributed by atoms with E-state index in [0.29, 0.717) is 13.2 Å². The average Bonchev–Trinajstić information content (AvgIpc) is 2.75. The summed E-state index contributed by atoms with van der Waals surface area (Å²) in [5, 5.41) is 0.962. The number of hydrogen-bond acceptors (Lipinski definition) is 4. The highest BCUT2D eigenvalue weighted by atomic mass is 32.2. The smallest absolute Gasteiger partial charge is 0.166 e. The molecule has 0 unspecified atom stereocenters. The molecule has 1 aliphatic rings. The standard InChI is InChI=1S/C12H14N2O2S/c1-2-5-17-12-13-8-6-10-11(7-9(8)14-12)16-4-3-15-10/h6-7H,2-5H2,1H3,(H,13,14). The molecule has 4 nitrogen and oxygen atoms in total.